The van der Waals surface area contributed by atoms with Crippen LogP contribution in [0.3, 0.4) is 0 Å². The average molecular weight is 419 g/mol. The maximum atomic E-state index is 12.4. The standard InChI is InChI=1S/C16H22INO2S/c1-20-14-6-7-15-13(11-14)12-18(9-10-21-15)16(19)5-3-2-4-8-17/h6-7,11H,2-5,8-10,12H2,1H3. The molecule has 1 heterocycles. The first-order valence-electron chi connectivity index (χ1n) is 7.38. The zero-order valence-corrected chi connectivity index (χ0v) is 15.4. The molecule has 2 rings (SSSR count). The van der Waals surface area contributed by atoms with Gasteiger partial charge >= 0.3 is 0 Å². The Hall–Kier alpha value is -0.430. The van der Waals surface area contributed by atoms with E-state index in [1.165, 1.54) is 21.3 Å². The van der Waals surface area contributed by atoms with Crippen molar-refractivity contribution in [1.82, 2.24) is 4.90 Å². The molecule has 0 radical (unpaired) electrons. The third-order valence-electron chi connectivity index (χ3n) is 3.62. The van der Waals surface area contributed by atoms with Gasteiger partial charge in [0.2, 0.25) is 5.91 Å². The summed E-state index contributed by atoms with van der Waals surface area (Å²) < 4.78 is 6.48. The van der Waals surface area contributed by atoms with Crippen LogP contribution in [0.2, 0.25) is 0 Å². The number of hydrogen-bond donors (Lipinski definition) is 0. The van der Waals surface area contributed by atoms with Crippen LogP contribution in [-0.4, -0.2) is 34.6 Å². The minimum absolute atomic E-state index is 0.291. The summed E-state index contributed by atoms with van der Waals surface area (Å²) in [6.07, 6.45) is 4.06. The van der Waals surface area contributed by atoms with E-state index in [0.29, 0.717) is 18.9 Å². The summed E-state index contributed by atoms with van der Waals surface area (Å²) in [4.78, 5) is 15.6. The Morgan fingerprint density at radius 1 is 1.38 bits per heavy atom. The van der Waals surface area contributed by atoms with E-state index < -0.39 is 0 Å². The van der Waals surface area contributed by atoms with Gasteiger partial charge in [-0.3, -0.25) is 4.79 Å². The number of halogens is 1. The lowest BCUT2D eigenvalue weighted by molar-refractivity contribution is -0.131. The minimum Gasteiger partial charge on any atom is -0.497 e. The van der Waals surface area contributed by atoms with Gasteiger partial charge in [-0.05, 0) is 41.0 Å². The van der Waals surface area contributed by atoms with Crippen LogP contribution >= 0.6 is 34.4 Å². The van der Waals surface area contributed by atoms with E-state index in [-0.39, 0.29) is 0 Å². The average Bonchev–Trinajstić information content (AvgIpc) is 2.72. The fourth-order valence-corrected chi connectivity index (χ4v) is 3.96. The number of carbonyl (C=O) groups excluding carboxylic acids is 1. The van der Waals surface area contributed by atoms with E-state index >= 15 is 0 Å². The van der Waals surface area contributed by atoms with E-state index in [4.69, 9.17) is 4.74 Å². The van der Waals surface area contributed by atoms with E-state index in [1.807, 2.05) is 22.7 Å². The van der Waals surface area contributed by atoms with Crippen molar-refractivity contribution in [2.45, 2.75) is 37.1 Å². The van der Waals surface area contributed by atoms with Crippen LogP contribution in [0.4, 0.5) is 0 Å². The van der Waals surface area contributed by atoms with E-state index in [1.54, 1.807) is 7.11 Å². The van der Waals surface area contributed by atoms with Crippen LogP contribution in [0.25, 0.3) is 0 Å². The molecule has 0 aromatic heterocycles. The van der Waals surface area contributed by atoms with Crippen LogP contribution < -0.4 is 4.74 Å². The van der Waals surface area contributed by atoms with Crippen molar-refractivity contribution in [2.75, 3.05) is 23.8 Å². The Kier molecular flexibility index (Phi) is 7.16. The van der Waals surface area contributed by atoms with Crippen molar-refractivity contribution in [2.24, 2.45) is 0 Å². The molecule has 0 fully saturated rings. The summed E-state index contributed by atoms with van der Waals surface area (Å²) in [6, 6.07) is 6.16. The van der Waals surface area contributed by atoms with Gasteiger partial charge in [-0.25, -0.2) is 0 Å². The molecule has 116 valence electrons. The second kappa shape index (κ2) is 8.88. The first-order chi connectivity index (χ1) is 10.2. The number of unbranched alkanes of at least 4 members (excludes halogenated alkanes) is 2. The van der Waals surface area contributed by atoms with E-state index in [0.717, 1.165) is 30.9 Å². The second-order valence-corrected chi connectivity index (χ2v) is 7.35. The zero-order chi connectivity index (χ0) is 15.1. The van der Waals surface area contributed by atoms with Crippen molar-refractivity contribution < 1.29 is 9.53 Å². The Morgan fingerprint density at radius 3 is 3.00 bits per heavy atom. The number of thioether (sulfide) groups is 1. The Balaban J connectivity index is 1.97. The highest BCUT2D eigenvalue weighted by atomic mass is 127. The molecule has 0 saturated heterocycles. The summed E-state index contributed by atoms with van der Waals surface area (Å²) in [6.45, 7) is 1.55. The highest BCUT2D eigenvalue weighted by molar-refractivity contribution is 14.1. The highest BCUT2D eigenvalue weighted by Crippen LogP contribution is 2.30. The summed E-state index contributed by atoms with van der Waals surface area (Å²) in [7, 11) is 1.68. The Labute approximate surface area is 144 Å². The number of amides is 1. The summed E-state index contributed by atoms with van der Waals surface area (Å²) in [5, 5.41) is 0. The van der Waals surface area contributed by atoms with Crippen molar-refractivity contribution in [1.29, 1.82) is 0 Å². The molecule has 1 aromatic rings. The lowest BCUT2D eigenvalue weighted by atomic mass is 10.1. The largest absolute Gasteiger partial charge is 0.497 e. The van der Waals surface area contributed by atoms with Crippen molar-refractivity contribution in [3.63, 3.8) is 0 Å². The number of methoxy groups -OCH3 is 1. The van der Waals surface area contributed by atoms with Gasteiger partial charge in [0.1, 0.15) is 5.75 Å². The summed E-state index contributed by atoms with van der Waals surface area (Å²) in [5.74, 6) is 2.13. The SMILES string of the molecule is COc1ccc2c(c1)CN(C(=O)CCCCCI)CCS2. The third-order valence-corrected chi connectivity index (χ3v) is 5.48. The van der Waals surface area contributed by atoms with Gasteiger partial charge in [0.05, 0.1) is 7.11 Å². The normalized spacial score (nSPS) is 14.5. The van der Waals surface area contributed by atoms with Crippen LogP contribution in [0.5, 0.6) is 5.75 Å². The van der Waals surface area contributed by atoms with Crippen molar-refractivity contribution in [3.05, 3.63) is 23.8 Å². The molecule has 3 nitrogen and oxygen atoms in total. The number of nitrogens with zero attached hydrogens (tertiary/aromatic N) is 1. The van der Waals surface area contributed by atoms with Gasteiger partial charge < -0.3 is 9.64 Å². The Morgan fingerprint density at radius 2 is 2.24 bits per heavy atom. The van der Waals surface area contributed by atoms with Crippen molar-refractivity contribution >= 4 is 40.3 Å². The first kappa shape index (κ1) is 16.9. The molecule has 0 bridgehead atoms. The minimum atomic E-state index is 0.291. The molecule has 0 aliphatic carbocycles. The number of fused-ring (bicyclic) bond motifs is 1. The molecule has 1 aromatic carbocycles. The predicted octanol–water partition coefficient (Wildman–Crippen LogP) is 4.12. The first-order valence-corrected chi connectivity index (χ1v) is 9.89. The second-order valence-electron chi connectivity index (χ2n) is 5.14. The molecule has 5 heteroatoms. The summed E-state index contributed by atoms with van der Waals surface area (Å²) in [5.41, 5.74) is 1.21. The maximum absolute atomic E-state index is 12.4. The molecule has 1 amide bonds. The fourth-order valence-electron chi connectivity index (χ4n) is 2.42. The van der Waals surface area contributed by atoms with Gasteiger partial charge in [0.25, 0.3) is 0 Å². The highest BCUT2D eigenvalue weighted by Gasteiger charge is 2.19. The number of rotatable bonds is 6. The molecule has 0 atom stereocenters. The number of benzene rings is 1. The van der Waals surface area contributed by atoms with Crippen LogP contribution in [0, 0.1) is 0 Å². The van der Waals surface area contributed by atoms with Gasteiger partial charge in [-0.2, -0.15) is 0 Å². The monoisotopic (exact) mass is 419 g/mol. The molecule has 0 spiro atoms. The quantitative estimate of drug-likeness (QED) is 0.395. The molecule has 1 aliphatic heterocycles. The molecule has 21 heavy (non-hydrogen) atoms. The lowest BCUT2D eigenvalue weighted by Gasteiger charge is -2.20. The van der Waals surface area contributed by atoms with Crippen molar-refractivity contribution in [3.8, 4) is 5.75 Å². The van der Waals surface area contributed by atoms with Gasteiger partial charge in [0.15, 0.2) is 0 Å². The third kappa shape index (κ3) is 5.06. The molecular formula is C16H22INO2S. The molecule has 0 saturated carbocycles. The smallest absolute Gasteiger partial charge is 0.222 e. The lowest BCUT2D eigenvalue weighted by Crippen LogP contribution is -2.31. The molecule has 0 N–H and O–H groups in total. The van der Waals surface area contributed by atoms with E-state index in [2.05, 4.69) is 34.7 Å². The zero-order valence-electron chi connectivity index (χ0n) is 12.4. The van der Waals surface area contributed by atoms with Gasteiger partial charge in [0, 0.05) is 30.2 Å². The van der Waals surface area contributed by atoms with E-state index in [9.17, 15) is 4.79 Å². The number of ether oxygens (including phenoxy) is 1. The molecule has 1 aliphatic rings. The van der Waals surface area contributed by atoms with Crippen LogP contribution in [0.15, 0.2) is 23.1 Å². The predicted molar refractivity (Wildman–Crippen MR) is 96.5 cm³/mol. The van der Waals surface area contributed by atoms with Crippen LogP contribution in [0.1, 0.15) is 31.2 Å². The van der Waals surface area contributed by atoms with Gasteiger partial charge in [-0.15, -0.1) is 11.8 Å². The number of hydrogen-bond acceptors (Lipinski definition) is 3. The fraction of sp³-hybridized carbons (Fsp3) is 0.562. The van der Waals surface area contributed by atoms with Crippen LogP contribution in [-0.2, 0) is 11.3 Å². The molecular weight excluding hydrogens is 397 g/mol. The topological polar surface area (TPSA) is 29.5 Å². The Bertz CT molecular complexity index is 481. The van der Waals surface area contributed by atoms with Gasteiger partial charge in [-0.1, -0.05) is 29.0 Å². The number of carbonyl (C=O) groups is 1. The summed E-state index contributed by atoms with van der Waals surface area (Å²) >= 11 is 4.22. The number of alkyl halides is 1. The molecule has 0 unspecified atom stereocenters. The maximum Gasteiger partial charge on any atom is 0.222 e.